The lowest BCUT2D eigenvalue weighted by atomic mass is 10.2. The highest BCUT2D eigenvalue weighted by molar-refractivity contribution is 6.10. The van der Waals surface area contributed by atoms with Crippen LogP contribution in [0.3, 0.4) is 0 Å². The Hall–Kier alpha value is -3.36. The number of fused-ring (bicyclic) bond motifs is 3. The average molecular weight is 475 g/mol. The van der Waals surface area contributed by atoms with Crippen molar-refractivity contribution in [3.63, 3.8) is 0 Å². The lowest BCUT2D eigenvalue weighted by molar-refractivity contribution is 0.0719. The van der Waals surface area contributed by atoms with Gasteiger partial charge in [0.25, 0.3) is 5.91 Å². The topological polar surface area (TPSA) is 85.8 Å². The van der Waals surface area contributed by atoms with E-state index in [1.54, 1.807) is 0 Å². The van der Waals surface area contributed by atoms with Gasteiger partial charge < -0.3 is 19.4 Å². The fraction of sp³-hybridized carbons (Fsp3) is 0.538. The van der Waals surface area contributed by atoms with Gasteiger partial charge in [0.15, 0.2) is 11.6 Å². The standard InChI is InChI=1S/C26H34N8O/c1-6-32-20(26(35)34(17-7-8-17)18-9-10-18)12-19-23-22(27-14-31(23)5)24(29-25(19)32)28-21-11-16(4)33(30-21)13-15(2)3/h11-12,14-15,17-18H,6-10,13H2,1-5H3,(H,28,29,30). The lowest BCUT2D eigenvalue weighted by Gasteiger charge is -2.22. The van der Waals surface area contributed by atoms with Crippen molar-refractivity contribution in [2.24, 2.45) is 13.0 Å². The first-order valence-corrected chi connectivity index (χ1v) is 12.8. The van der Waals surface area contributed by atoms with E-state index in [0.29, 0.717) is 30.4 Å². The van der Waals surface area contributed by atoms with Gasteiger partial charge in [0.1, 0.15) is 16.9 Å². The first kappa shape index (κ1) is 22.1. The minimum absolute atomic E-state index is 0.141. The number of aryl methyl sites for hydroxylation is 3. The summed E-state index contributed by atoms with van der Waals surface area (Å²) in [6.45, 7) is 10.1. The van der Waals surface area contributed by atoms with Gasteiger partial charge in [-0.25, -0.2) is 9.97 Å². The number of imidazole rings is 1. The number of pyridine rings is 1. The predicted octanol–water partition coefficient (Wildman–Crippen LogP) is 4.61. The highest BCUT2D eigenvalue weighted by Crippen LogP contribution is 2.39. The molecular weight excluding hydrogens is 440 g/mol. The quantitative estimate of drug-likeness (QED) is 0.403. The molecule has 4 aromatic heterocycles. The van der Waals surface area contributed by atoms with Crippen molar-refractivity contribution in [2.75, 3.05) is 5.32 Å². The second-order valence-corrected chi connectivity index (χ2v) is 10.6. The molecule has 4 heterocycles. The molecule has 0 saturated heterocycles. The largest absolute Gasteiger partial charge is 0.333 e. The Morgan fingerprint density at radius 1 is 1.20 bits per heavy atom. The number of amides is 1. The normalized spacial score (nSPS) is 16.1. The van der Waals surface area contributed by atoms with Crippen molar-refractivity contribution in [3.05, 3.63) is 29.8 Å². The summed E-state index contributed by atoms with van der Waals surface area (Å²) in [6, 6.07) is 4.88. The van der Waals surface area contributed by atoms with E-state index in [1.807, 2.05) is 34.8 Å². The maximum absolute atomic E-state index is 13.7. The molecule has 2 fully saturated rings. The lowest BCUT2D eigenvalue weighted by Crippen LogP contribution is -2.36. The summed E-state index contributed by atoms with van der Waals surface area (Å²) in [7, 11) is 1.99. The molecule has 0 atom stereocenters. The van der Waals surface area contributed by atoms with Crippen LogP contribution in [0, 0.1) is 12.8 Å². The first-order chi connectivity index (χ1) is 16.9. The van der Waals surface area contributed by atoms with Crippen LogP contribution in [0.15, 0.2) is 18.5 Å². The summed E-state index contributed by atoms with van der Waals surface area (Å²) in [5, 5.41) is 9.14. The third-order valence-electron chi connectivity index (χ3n) is 7.12. The van der Waals surface area contributed by atoms with Crippen LogP contribution >= 0.6 is 0 Å². The predicted molar refractivity (Wildman–Crippen MR) is 137 cm³/mol. The van der Waals surface area contributed by atoms with Crippen LogP contribution in [-0.4, -0.2) is 51.8 Å². The van der Waals surface area contributed by atoms with Gasteiger partial charge in [0, 0.05) is 49.4 Å². The third kappa shape index (κ3) is 3.77. The second-order valence-electron chi connectivity index (χ2n) is 10.6. The number of aromatic nitrogens is 6. The molecule has 9 nitrogen and oxygen atoms in total. The van der Waals surface area contributed by atoms with Gasteiger partial charge in [-0.1, -0.05) is 13.8 Å². The summed E-state index contributed by atoms with van der Waals surface area (Å²) >= 11 is 0. The minimum Gasteiger partial charge on any atom is -0.333 e. The summed E-state index contributed by atoms with van der Waals surface area (Å²) in [5.41, 5.74) is 4.39. The highest BCUT2D eigenvalue weighted by atomic mass is 16.2. The molecule has 35 heavy (non-hydrogen) atoms. The van der Waals surface area contributed by atoms with Crippen LogP contribution in [0.5, 0.6) is 0 Å². The number of carbonyl (C=O) groups is 1. The molecule has 2 aliphatic rings. The van der Waals surface area contributed by atoms with E-state index < -0.39 is 0 Å². The number of nitrogens with zero attached hydrogens (tertiary/aromatic N) is 7. The van der Waals surface area contributed by atoms with Crippen molar-refractivity contribution in [3.8, 4) is 0 Å². The number of anilines is 2. The van der Waals surface area contributed by atoms with Crippen LogP contribution in [0.25, 0.3) is 22.1 Å². The van der Waals surface area contributed by atoms with E-state index in [9.17, 15) is 4.79 Å². The summed E-state index contributed by atoms with van der Waals surface area (Å²) in [5.74, 6) is 2.06. The van der Waals surface area contributed by atoms with E-state index in [2.05, 4.69) is 47.5 Å². The van der Waals surface area contributed by atoms with Crippen molar-refractivity contribution in [2.45, 2.75) is 78.6 Å². The van der Waals surface area contributed by atoms with Gasteiger partial charge in [0.2, 0.25) is 0 Å². The molecule has 4 aromatic rings. The highest BCUT2D eigenvalue weighted by Gasteiger charge is 2.43. The SMILES string of the molecule is CCn1c(C(=O)N(C2CC2)C2CC2)cc2c3c(ncn3C)c(Nc3cc(C)n(CC(C)C)n3)nc21. The maximum atomic E-state index is 13.7. The fourth-order valence-corrected chi connectivity index (χ4v) is 5.19. The Bertz CT molecular complexity index is 1420. The minimum atomic E-state index is 0.141. The Morgan fingerprint density at radius 3 is 2.54 bits per heavy atom. The van der Waals surface area contributed by atoms with E-state index in [-0.39, 0.29) is 5.91 Å². The number of hydrogen-bond donors (Lipinski definition) is 1. The van der Waals surface area contributed by atoms with E-state index >= 15 is 0 Å². The number of nitrogens with one attached hydrogen (secondary N) is 1. The number of carbonyl (C=O) groups excluding carboxylic acids is 1. The molecule has 0 bridgehead atoms. The smallest absolute Gasteiger partial charge is 0.271 e. The molecule has 9 heteroatoms. The summed E-state index contributed by atoms with van der Waals surface area (Å²) < 4.78 is 6.10. The van der Waals surface area contributed by atoms with Gasteiger partial charge in [-0.05, 0) is 51.5 Å². The average Bonchev–Trinajstić information content (AvgIpc) is 3.72. The molecule has 184 valence electrons. The van der Waals surface area contributed by atoms with Crippen molar-refractivity contribution in [1.82, 2.24) is 33.8 Å². The second kappa shape index (κ2) is 8.10. The number of hydrogen-bond acceptors (Lipinski definition) is 5. The van der Waals surface area contributed by atoms with Crippen LogP contribution in [-0.2, 0) is 20.1 Å². The Kier molecular flexibility index (Phi) is 5.12. The van der Waals surface area contributed by atoms with Gasteiger partial charge in [-0.15, -0.1) is 0 Å². The molecule has 0 aromatic carbocycles. The zero-order chi connectivity index (χ0) is 24.4. The molecule has 0 unspecified atom stereocenters. The van der Waals surface area contributed by atoms with Gasteiger partial charge in [0.05, 0.1) is 11.8 Å². The van der Waals surface area contributed by atoms with Gasteiger partial charge >= 0.3 is 0 Å². The summed E-state index contributed by atoms with van der Waals surface area (Å²) in [6.07, 6.45) is 6.29. The number of rotatable bonds is 8. The maximum Gasteiger partial charge on any atom is 0.271 e. The van der Waals surface area contributed by atoms with Gasteiger partial charge in [-0.3, -0.25) is 9.48 Å². The molecule has 0 radical (unpaired) electrons. The molecule has 2 aliphatic carbocycles. The van der Waals surface area contributed by atoms with Crippen molar-refractivity contribution >= 4 is 39.6 Å². The third-order valence-corrected chi connectivity index (χ3v) is 7.12. The first-order valence-electron chi connectivity index (χ1n) is 12.8. The zero-order valence-electron chi connectivity index (χ0n) is 21.2. The van der Waals surface area contributed by atoms with E-state index in [1.165, 1.54) is 0 Å². The molecule has 0 spiro atoms. The Labute approximate surface area is 205 Å². The van der Waals surface area contributed by atoms with Crippen LogP contribution in [0.2, 0.25) is 0 Å². The fourth-order valence-electron chi connectivity index (χ4n) is 5.19. The van der Waals surface area contributed by atoms with Gasteiger partial charge in [-0.2, -0.15) is 5.10 Å². The van der Waals surface area contributed by atoms with E-state index in [0.717, 1.165) is 71.5 Å². The Morgan fingerprint density at radius 2 is 1.91 bits per heavy atom. The molecule has 2 saturated carbocycles. The zero-order valence-corrected chi connectivity index (χ0v) is 21.2. The van der Waals surface area contributed by atoms with Crippen LogP contribution < -0.4 is 5.32 Å². The van der Waals surface area contributed by atoms with Crippen LogP contribution in [0.1, 0.15) is 62.6 Å². The summed E-state index contributed by atoms with van der Waals surface area (Å²) in [4.78, 5) is 25.6. The molecule has 0 aliphatic heterocycles. The van der Waals surface area contributed by atoms with Crippen LogP contribution in [0.4, 0.5) is 11.6 Å². The monoisotopic (exact) mass is 474 g/mol. The van der Waals surface area contributed by atoms with Crippen molar-refractivity contribution < 1.29 is 4.79 Å². The van der Waals surface area contributed by atoms with Crippen molar-refractivity contribution in [1.29, 1.82) is 0 Å². The molecular formula is C26H34N8O. The molecule has 1 amide bonds. The molecule has 1 N–H and O–H groups in total. The molecule has 6 rings (SSSR count). The van der Waals surface area contributed by atoms with E-state index in [4.69, 9.17) is 10.1 Å². The Balaban J connectivity index is 1.46.